The number of carbonyl (C=O) groups is 1. The lowest BCUT2D eigenvalue weighted by Crippen LogP contribution is -2.10. The van der Waals surface area contributed by atoms with Gasteiger partial charge >= 0.3 is 0 Å². The number of hydrogen-bond acceptors (Lipinski definition) is 5. The number of amides is 1. The number of rotatable bonds is 3. The summed E-state index contributed by atoms with van der Waals surface area (Å²) in [7, 11) is 0. The van der Waals surface area contributed by atoms with E-state index in [-0.39, 0.29) is 5.28 Å². The summed E-state index contributed by atoms with van der Waals surface area (Å²) >= 11 is 6.90. The molecule has 0 aliphatic carbocycles. The van der Waals surface area contributed by atoms with Crippen molar-refractivity contribution in [1.29, 1.82) is 0 Å². The van der Waals surface area contributed by atoms with Crippen LogP contribution in [0, 0.1) is 0 Å². The van der Waals surface area contributed by atoms with Gasteiger partial charge in [0.25, 0.3) is 5.91 Å². The van der Waals surface area contributed by atoms with Crippen LogP contribution in [0.4, 0.5) is 11.5 Å². The third-order valence-electron chi connectivity index (χ3n) is 1.78. The zero-order chi connectivity index (χ0) is 11.5. The Morgan fingerprint density at radius 1 is 1.50 bits per heavy atom. The summed E-state index contributed by atoms with van der Waals surface area (Å²) in [4.78, 5) is 19.2. The number of halogens is 1. The molecule has 0 bridgehead atoms. The maximum Gasteiger partial charge on any atom is 0.260 e. The third-order valence-corrected chi connectivity index (χ3v) is 2.89. The van der Waals surface area contributed by atoms with Crippen LogP contribution in [0.1, 0.15) is 9.67 Å². The average molecular weight is 255 g/mol. The summed E-state index contributed by atoms with van der Waals surface area (Å²) in [5.74, 6) is 0.0403. The van der Waals surface area contributed by atoms with E-state index in [2.05, 4.69) is 15.3 Å². The van der Waals surface area contributed by atoms with Gasteiger partial charge in [-0.1, -0.05) is 0 Å². The lowest BCUT2D eigenvalue weighted by molar-refractivity contribution is 0.100. The fraction of sp³-hybridized carbons (Fsp3) is 0. The zero-order valence-electron chi connectivity index (χ0n) is 7.98. The highest BCUT2D eigenvalue weighted by Gasteiger charge is 2.10. The van der Waals surface area contributed by atoms with Crippen LogP contribution in [0.25, 0.3) is 0 Å². The highest BCUT2D eigenvalue weighted by Crippen LogP contribution is 2.24. The van der Waals surface area contributed by atoms with Gasteiger partial charge in [-0.3, -0.25) is 4.79 Å². The predicted octanol–water partition coefficient (Wildman–Crippen LogP) is 2.03. The molecule has 3 N–H and O–H groups in total. The molecule has 0 spiro atoms. The molecule has 0 fully saturated rings. The maximum absolute atomic E-state index is 11.1. The van der Waals surface area contributed by atoms with Gasteiger partial charge in [0.1, 0.15) is 10.7 Å². The lowest BCUT2D eigenvalue weighted by atomic mass is 10.3. The van der Waals surface area contributed by atoms with E-state index in [4.69, 9.17) is 17.3 Å². The fourth-order valence-electron chi connectivity index (χ4n) is 1.14. The number of carbonyl (C=O) groups excluding carboxylic acids is 1. The molecule has 5 nitrogen and oxygen atoms in total. The van der Waals surface area contributed by atoms with Crippen molar-refractivity contribution in [1.82, 2.24) is 9.97 Å². The smallest absolute Gasteiger partial charge is 0.260 e. The van der Waals surface area contributed by atoms with Crippen molar-refractivity contribution in [3.05, 3.63) is 33.9 Å². The number of nitrogens with one attached hydrogen (secondary N) is 1. The standard InChI is InChI=1S/C9H7ClN4OS/c10-9-12-3-1-6(14-9)13-5-2-4-16-7(5)8(11)15/h1-4H,(H2,11,15)(H,12,13,14). The highest BCUT2D eigenvalue weighted by molar-refractivity contribution is 7.12. The Balaban J connectivity index is 2.27. The van der Waals surface area contributed by atoms with E-state index in [0.29, 0.717) is 16.4 Å². The molecular formula is C9H7ClN4OS. The average Bonchev–Trinajstić information content (AvgIpc) is 2.66. The Morgan fingerprint density at radius 2 is 2.31 bits per heavy atom. The number of nitrogens with zero attached hydrogens (tertiary/aromatic N) is 2. The van der Waals surface area contributed by atoms with Gasteiger partial charge in [-0.05, 0) is 29.1 Å². The number of anilines is 2. The van der Waals surface area contributed by atoms with Crippen LogP contribution in [0.3, 0.4) is 0 Å². The molecule has 2 rings (SSSR count). The fourth-order valence-corrected chi connectivity index (χ4v) is 1.99. The van der Waals surface area contributed by atoms with Crippen LogP contribution in [0.5, 0.6) is 0 Å². The minimum atomic E-state index is -0.474. The maximum atomic E-state index is 11.1. The van der Waals surface area contributed by atoms with E-state index >= 15 is 0 Å². The topological polar surface area (TPSA) is 80.9 Å². The van der Waals surface area contributed by atoms with Crippen molar-refractivity contribution in [2.24, 2.45) is 5.73 Å². The van der Waals surface area contributed by atoms with Crippen LogP contribution >= 0.6 is 22.9 Å². The van der Waals surface area contributed by atoms with E-state index in [1.54, 1.807) is 17.5 Å². The monoisotopic (exact) mass is 254 g/mol. The van der Waals surface area contributed by atoms with Gasteiger partial charge in [-0.25, -0.2) is 9.97 Å². The van der Waals surface area contributed by atoms with Crippen molar-refractivity contribution in [3.8, 4) is 0 Å². The molecule has 16 heavy (non-hydrogen) atoms. The number of hydrogen-bond donors (Lipinski definition) is 2. The van der Waals surface area contributed by atoms with E-state index in [1.807, 2.05) is 0 Å². The van der Waals surface area contributed by atoms with Gasteiger partial charge in [-0.15, -0.1) is 11.3 Å². The van der Waals surface area contributed by atoms with Crippen LogP contribution in [-0.2, 0) is 0 Å². The minimum absolute atomic E-state index is 0.140. The third kappa shape index (κ3) is 2.29. The molecule has 0 atom stereocenters. The molecule has 0 aliphatic heterocycles. The summed E-state index contributed by atoms with van der Waals surface area (Å²) in [5, 5.41) is 4.86. The largest absolute Gasteiger partial charge is 0.365 e. The molecule has 82 valence electrons. The van der Waals surface area contributed by atoms with E-state index in [9.17, 15) is 4.79 Å². The first-order chi connectivity index (χ1) is 7.66. The second-order valence-electron chi connectivity index (χ2n) is 2.86. The van der Waals surface area contributed by atoms with Gasteiger partial charge in [0.2, 0.25) is 5.28 Å². The first kappa shape index (κ1) is 10.8. The Hall–Kier alpha value is -1.66. The van der Waals surface area contributed by atoms with Crippen LogP contribution in [0.2, 0.25) is 5.28 Å². The first-order valence-electron chi connectivity index (χ1n) is 4.29. The Kier molecular flexibility index (Phi) is 3.02. The summed E-state index contributed by atoms with van der Waals surface area (Å²) in [6.07, 6.45) is 1.52. The van der Waals surface area contributed by atoms with Gasteiger partial charge in [0.05, 0.1) is 5.69 Å². The second kappa shape index (κ2) is 4.46. The van der Waals surface area contributed by atoms with E-state index in [0.717, 1.165) is 0 Å². The Morgan fingerprint density at radius 3 is 3.00 bits per heavy atom. The summed E-state index contributed by atoms with van der Waals surface area (Å²) in [5.41, 5.74) is 5.83. The van der Waals surface area contributed by atoms with Crippen LogP contribution in [-0.4, -0.2) is 15.9 Å². The van der Waals surface area contributed by atoms with Crippen LogP contribution in [0.15, 0.2) is 23.7 Å². The first-order valence-corrected chi connectivity index (χ1v) is 5.55. The SMILES string of the molecule is NC(=O)c1sccc1Nc1ccnc(Cl)n1. The molecule has 1 amide bonds. The number of primary amides is 1. The lowest BCUT2D eigenvalue weighted by Gasteiger charge is -2.04. The van der Waals surface area contributed by atoms with Crippen molar-refractivity contribution < 1.29 is 4.79 Å². The molecule has 7 heteroatoms. The van der Waals surface area contributed by atoms with Gasteiger partial charge in [-0.2, -0.15) is 0 Å². The molecule has 2 heterocycles. The number of thiophene rings is 1. The molecule has 0 unspecified atom stereocenters. The quantitative estimate of drug-likeness (QED) is 0.822. The number of aromatic nitrogens is 2. The van der Waals surface area contributed by atoms with Gasteiger partial charge < -0.3 is 11.1 Å². The molecule has 2 aromatic heterocycles. The summed E-state index contributed by atoms with van der Waals surface area (Å²) < 4.78 is 0. The molecule has 0 aliphatic rings. The molecule has 0 radical (unpaired) electrons. The molecular weight excluding hydrogens is 248 g/mol. The van der Waals surface area contributed by atoms with Gasteiger partial charge in [0.15, 0.2) is 0 Å². The normalized spacial score (nSPS) is 10.1. The summed E-state index contributed by atoms with van der Waals surface area (Å²) in [6, 6.07) is 3.40. The van der Waals surface area contributed by atoms with Crippen LogP contribution < -0.4 is 11.1 Å². The minimum Gasteiger partial charge on any atom is -0.365 e. The molecule has 2 aromatic rings. The van der Waals surface area contributed by atoms with Crippen molar-refractivity contribution in [3.63, 3.8) is 0 Å². The Bertz CT molecular complexity index is 528. The van der Waals surface area contributed by atoms with Crippen molar-refractivity contribution in [2.45, 2.75) is 0 Å². The molecule has 0 saturated carbocycles. The molecule has 0 aromatic carbocycles. The molecule has 0 saturated heterocycles. The Labute approximate surface area is 100 Å². The van der Waals surface area contributed by atoms with Crippen molar-refractivity contribution >= 4 is 40.4 Å². The second-order valence-corrected chi connectivity index (χ2v) is 4.12. The van der Waals surface area contributed by atoms with Crippen molar-refractivity contribution in [2.75, 3.05) is 5.32 Å². The van der Waals surface area contributed by atoms with E-state index in [1.165, 1.54) is 17.5 Å². The van der Waals surface area contributed by atoms with E-state index < -0.39 is 5.91 Å². The predicted molar refractivity (Wildman–Crippen MR) is 63.2 cm³/mol. The highest BCUT2D eigenvalue weighted by atomic mass is 35.5. The number of nitrogens with two attached hydrogens (primary N) is 1. The zero-order valence-corrected chi connectivity index (χ0v) is 9.55. The van der Waals surface area contributed by atoms with Gasteiger partial charge in [0, 0.05) is 6.20 Å². The summed E-state index contributed by atoms with van der Waals surface area (Å²) in [6.45, 7) is 0.